The Morgan fingerprint density at radius 2 is 1.93 bits per heavy atom. The molecule has 4 rings (SSSR count). The van der Waals surface area contributed by atoms with Crippen LogP contribution in [0, 0.1) is 17.6 Å². The molecule has 29 heavy (non-hydrogen) atoms. The minimum atomic E-state index is -0.229. The lowest BCUT2D eigenvalue weighted by atomic mass is 10.1. The highest BCUT2D eigenvalue weighted by molar-refractivity contribution is 5.84. The van der Waals surface area contributed by atoms with E-state index in [0.717, 1.165) is 44.0 Å². The van der Waals surface area contributed by atoms with Crippen molar-refractivity contribution < 1.29 is 9.18 Å². The second-order valence-corrected chi connectivity index (χ2v) is 7.64. The van der Waals surface area contributed by atoms with Gasteiger partial charge in [-0.15, -0.1) is 4.91 Å². The van der Waals surface area contributed by atoms with Gasteiger partial charge in [-0.25, -0.2) is 9.37 Å². The average Bonchev–Trinajstić information content (AvgIpc) is 3.11. The Hall–Kier alpha value is -2.87. The number of carbonyl (C=O) groups is 1. The maximum Gasteiger partial charge on any atom is 0.240 e. The van der Waals surface area contributed by atoms with Gasteiger partial charge in [0.25, 0.3) is 0 Å². The zero-order chi connectivity index (χ0) is 20.4. The van der Waals surface area contributed by atoms with Gasteiger partial charge in [0, 0.05) is 39.3 Å². The number of carbonyl (C=O) groups excluding carboxylic acids is 1. The van der Waals surface area contributed by atoms with Gasteiger partial charge in [-0.3, -0.25) is 9.69 Å². The van der Waals surface area contributed by atoms with Gasteiger partial charge in [0.05, 0.1) is 12.2 Å². The Morgan fingerprint density at radius 3 is 2.59 bits per heavy atom. The van der Waals surface area contributed by atoms with E-state index < -0.39 is 0 Å². The predicted octanol–water partition coefficient (Wildman–Crippen LogP) is 2.85. The van der Waals surface area contributed by atoms with Crippen LogP contribution in [-0.4, -0.2) is 59.5 Å². The molecule has 2 saturated heterocycles. The predicted molar refractivity (Wildman–Crippen MR) is 108 cm³/mol. The second kappa shape index (κ2) is 8.24. The summed E-state index contributed by atoms with van der Waals surface area (Å²) < 4.78 is 13.8. The highest BCUT2D eigenvalue weighted by atomic mass is 19.1. The van der Waals surface area contributed by atoms with Crippen LogP contribution < -0.4 is 4.90 Å². The normalized spacial score (nSPS) is 20.3. The lowest BCUT2D eigenvalue weighted by molar-refractivity contribution is -0.132. The number of hydrogen-bond acceptors (Lipinski definition) is 6. The van der Waals surface area contributed by atoms with Crippen molar-refractivity contribution >= 4 is 17.4 Å². The van der Waals surface area contributed by atoms with E-state index in [-0.39, 0.29) is 17.8 Å². The Morgan fingerprint density at radius 1 is 1.14 bits per heavy atom. The van der Waals surface area contributed by atoms with E-state index in [1.807, 2.05) is 11.0 Å². The fourth-order valence-corrected chi connectivity index (χ4v) is 4.06. The number of aromatic nitrogens is 1. The standard InChI is InChI=1S/C21H24FN5O2/c1-15-2-3-16(12-18(15)22)14-27-7-6-19(21(27)28)25-8-10-26(11-9-25)20-5-4-17(24-29)13-23-20/h2-5,12-13,19H,6-11,14H2,1H3/t19-/m1/s1. The first-order valence-electron chi connectivity index (χ1n) is 9.87. The minimum absolute atomic E-state index is 0.109. The smallest absolute Gasteiger partial charge is 0.240 e. The van der Waals surface area contributed by atoms with Crippen LogP contribution in [0.5, 0.6) is 0 Å². The van der Waals surface area contributed by atoms with Crippen molar-refractivity contribution in [1.29, 1.82) is 0 Å². The summed E-state index contributed by atoms with van der Waals surface area (Å²) in [6.45, 7) is 5.98. The summed E-state index contributed by atoms with van der Waals surface area (Å²) in [5.74, 6) is 0.712. The van der Waals surface area contributed by atoms with E-state index in [2.05, 4.69) is 20.0 Å². The molecule has 2 aliphatic heterocycles. The lowest BCUT2D eigenvalue weighted by Gasteiger charge is -2.37. The highest BCUT2D eigenvalue weighted by Gasteiger charge is 2.37. The van der Waals surface area contributed by atoms with Crippen LogP contribution in [0.1, 0.15) is 17.5 Å². The topological polar surface area (TPSA) is 69.1 Å². The number of aryl methyl sites for hydroxylation is 1. The van der Waals surface area contributed by atoms with E-state index in [9.17, 15) is 14.1 Å². The number of nitrogens with zero attached hydrogens (tertiary/aromatic N) is 5. The van der Waals surface area contributed by atoms with Crippen LogP contribution >= 0.6 is 0 Å². The van der Waals surface area contributed by atoms with Crippen molar-refractivity contribution in [2.75, 3.05) is 37.6 Å². The summed E-state index contributed by atoms with van der Waals surface area (Å²) in [5, 5.41) is 2.87. The highest BCUT2D eigenvalue weighted by Crippen LogP contribution is 2.23. The monoisotopic (exact) mass is 397 g/mol. The second-order valence-electron chi connectivity index (χ2n) is 7.64. The fourth-order valence-electron chi connectivity index (χ4n) is 4.06. The molecule has 7 nitrogen and oxygen atoms in total. The van der Waals surface area contributed by atoms with Crippen LogP contribution in [0.25, 0.3) is 0 Å². The molecule has 0 spiro atoms. The number of pyridine rings is 1. The molecular weight excluding hydrogens is 373 g/mol. The van der Waals surface area contributed by atoms with Crippen LogP contribution in [0.15, 0.2) is 41.7 Å². The van der Waals surface area contributed by atoms with Gasteiger partial charge in [0.2, 0.25) is 5.91 Å². The number of halogens is 1. The van der Waals surface area contributed by atoms with Crippen molar-refractivity contribution in [1.82, 2.24) is 14.8 Å². The van der Waals surface area contributed by atoms with Crippen LogP contribution in [0.4, 0.5) is 15.9 Å². The molecule has 2 aromatic rings. The molecule has 1 atom stereocenters. The average molecular weight is 397 g/mol. The van der Waals surface area contributed by atoms with Crippen molar-refractivity contribution in [2.24, 2.45) is 5.18 Å². The van der Waals surface area contributed by atoms with E-state index in [0.29, 0.717) is 24.3 Å². The van der Waals surface area contributed by atoms with Gasteiger partial charge in [-0.2, -0.15) is 0 Å². The van der Waals surface area contributed by atoms with E-state index >= 15 is 0 Å². The fraction of sp³-hybridized carbons (Fsp3) is 0.429. The van der Waals surface area contributed by atoms with Gasteiger partial charge in [-0.1, -0.05) is 12.1 Å². The zero-order valence-corrected chi connectivity index (χ0v) is 16.4. The third kappa shape index (κ3) is 4.12. The van der Waals surface area contributed by atoms with Crippen LogP contribution in [0.3, 0.4) is 0 Å². The summed E-state index contributed by atoms with van der Waals surface area (Å²) in [7, 11) is 0. The Kier molecular flexibility index (Phi) is 5.53. The maximum absolute atomic E-state index is 13.8. The number of rotatable bonds is 5. The first-order chi connectivity index (χ1) is 14.0. The molecule has 0 saturated carbocycles. The van der Waals surface area contributed by atoms with Gasteiger partial charge in [0.1, 0.15) is 17.3 Å². The van der Waals surface area contributed by atoms with Crippen molar-refractivity contribution in [2.45, 2.75) is 25.9 Å². The molecule has 1 aromatic heterocycles. The van der Waals surface area contributed by atoms with Crippen LogP contribution in [-0.2, 0) is 11.3 Å². The zero-order valence-electron chi connectivity index (χ0n) is 16.4. The summed E-state index contributed by atoms with van der Waals surface area (Å²) in [5.41, 5.74) is 1.76. The third-order valence-corrected chi connectivity index (χ3v) is 5.80. The number of hydrogen-bond donors (Lipinski definition) is 0. The summed E-state index contributed by atoms with van der Waals surface area (Å²) in [6.07, 6.45) is 2.27. The van der Waals surface area contributed by atoms with Crippen LogP contribution in [0.2, 0.25) is 0 Å². The Labute approximate surface area is 169 Å². The van der Waals surface area contributed by atoms with E-state index in [4.69, 9.17) is 0 Å². The number of amides is 1. The first kappa shape index (κ1) is 19.4. The number of anilines is 1. The van der Waals surface area contributed by atoms with Gasteiger partial charge >= 0.3 is 0 Å². The summed E-state index contributed by atoms with van der Waals surface area (Å²) >= 11 is 0. The molecule has 2 fully saturated rings. The van der Waals surface area contributed by atoms with Crippen molar-refractivity contribution in [3.63, 3.8) is 0 Å². The van der Waals surface area contributed by atoms with Crippen molar-refractivity contribution in [3.05, 3.63) is 58.4 Å². The molecule has 1 aromatic carbocycles. The SMILES string of the molecule is Cc1ccc(CN2CC[C@@H](N3CCN(c4ccc(N=O)cn4)CC3)C2=O)cc1F. The molecule has 0 aliphatic carbocycles. The quantitative estimate of drug-likeness (QED) is 0.726. The summed E-state index contributed by atoms with van der Waals surface area (Å²) in [6, 6.07) is 8.52. The Balaban J connectivity index is 1.33. The molecular formula is C21H24FN5O2. The third-order valence-electron chi connectivity index (χ3n) is 5.80. The van der Waals surface area contributed by atoms with Gasteiger partial charge in [0.15, 0.2) is 0 Å². The molecule has 0 unspecified atom stereocenters. The largest absolute Gasteiger partial charge is 0.354 e. The number of benzene rings is 1. The molecule has 0 N–H and O–H groups in total. The number of piperazine rings is 1. The van der Waals surface area contributed by atoms with Gasteiger partial charge < -0.3 is 9.80 Å². The number of likely N-dealkylation sites (tertiary alicyclic amines) is 1. The molecule has 0 bridgehead atoms. The van der Waals surface area contributed by atoms with Crippen molar-refractivity contribution in [3.8, 4) is 0 Å². The Bertz CT molecular complexity index is 896. The molecule has 3 heterocycles. The summed E-state index contributed by atoms with van der Waals surface area (Å²) in [4.78, 5) is 33.9. The maximum atomic E-state index is 13.8. The molecule has 0 radical (unpaired) electrons. The molecule has 152 valence electrons. The lowest BCUT2D eigenvalue weighted by Crippen LogP contribution is -2.52. The van der Waals surface area contributed by atoms with E-state index in [1.165, 1.54) is 12.3 Å². The van der Waals surface area contributed by atoms with Gasteiger partial charge in [-0.05, 0) is 47.8 Å². The number of nitroso groups, excluding NO2 is 1. The van der Waals surface area contributed by atoms with E-state index in [1.54, 1.807) is 25.1 Å². The minimum Gasteiger partial charge on any atom is -0.354 e. The molecule has 8 heteroatoms. The molecule has 1 amide bonds. The molecule has 2 aliphatic rings. The first-order valence-corrected chi connectivity index (χ1v) is 9.87.